The molecule has 5 nitrogen and oxygen atoms in total. The van der Waals surface area contributed by atoms with Gasteiger partial charge in [-0.25, -0.2) is 4.98 Å². The number of ether oxygens (including phenoxy) is 1. The van der Waals surface area contributed by atoms with Crippen molar-refractivity contribution < 1.29 is 9.64 Å². The number of nitrogens with zero attached hydrogens (tertiary/aromatic N) is 1. The van der Waals surface area contributed by atoms with Crippen LogP contribution >= 0.6 is 12.2 Å². The molecule has 2 aromatic rings. The molecule has 0 bridgehead atoms. The van der Waals surface area contributed by atoms with Gasteiger partial charge in [0.25, 0.3) is 0 Å². The van der Waals surface area contributed by atoms with E-state index in [1.807, 2.05) is 18.2 Å². The maximum absolute atomic E-state index is 5.37. The highest BCUT2D eigenvalue weighted by Gasteiger charge is 2.13. The zero-order valence-electron chi connectivity index (χ0n) is 11.3. The van der Waals surface area contributed by atoms with Gasteiger partial charge in [0.05, 0.1) is 31.8 Å². The number of para-hydroxylation sites is 1. The van der Waals surface area contributed by atoms with Crippen LogP contribution in [0.15, 0.2) is 24.3 Å². The van der Waals surface area contributed by atoms with Crippen LogP contribution in [0.2, 0.25) is 0 Å². The van der Waals surface area contributed by atoms with Gasteiger partial charge >= 0.3 is 0 Å². The number of quaternary nitrogens is 1. The Labute approximate surface area is 123 Å². The van der Waals surface area contributed by atoms with E-state index >= 15 is 0 Å². The lowest BCUT2D eigenvalue weighted by Crippen LogP contribution is -3.14. The minimum atomic E-state index is 0.518. The number of H-pyrrole nitrogens is 1. The molecule has 2 heterocycles. The number of nitrogens with one attached hydrogen (secondary N) is 3. The molecule has 1 aromatic carbocycles. The van der Waals surface area contributed by atoms with Gasteiger partial charge in [-0.15, -0.1) is 0 Å². The van der Waals surface area contributed by atoms with E-state index < -0.39 is 0 Å². The van der Waals surface area contributed by atoms with Crippen molar-refractivity contribution in [2.45, 2.75) is 0 Å². The molecule has 0 aliphatic carbocycles. The van der Waals surface area contributed by atoms with E-state index in [4.69, 9.17) is 17.0 Å². The predicted molar refractivity (Wildman–Crippen MR) is 81.8 cm³/mol. The van der Waals surface area contributed by atoms with Crippen molar-refractivity contribution >= 4 is 28.9 Å². The number of hydrogen-bond acceptors (Lipinski definition) is 4. The summed E-state index contributed by atoms with van der Waals surface area (Å²) < 4.78 is 5.88. The highest BCUT2D eigenvalue weighted by Crippen LogP contribution is 2.18. The lowest BCUT2D eigenvalue weighted by atomic mass is 10.2. The normalized spacial score (nSPS) is 16.4. The van der Waals surface area contributed by atoms with Crippen molar-refractivity contribution in [2.24, 2.45) is 0 Å². The maximum atomic E-state index is 5.37. The van der Waals surface area contributed by atoms with Crippen LogP contribution in [0.25, 0.3) is 10.9 Å². The Hall–Kier alpha value is -1.50. The van der Waals surface area contributed by atoms with Gasteiger partial charge < -0.3 is 19.9 Å². The molecule has 0 amide bonds. The van der Waals surface area contributed by atoms with E-state index in [0.29, 0.717) is 4.77 Å². The second-order valence-electron chi connectivity index (χ2n) is 4.98. The molecule has 106 valence electrons. The van der Waals surface area contributed by atoms with Gasteiger partial charge in [-0.05, 0) is 24.4 Å². The molecule has 1 aliphatic heterocycles. The maximum Gasteiger partial charge on any atom is 0.199 e. The van der Waals surface area contributed by atoms with Gasteiger partial charge in [-0.3, -0.25) is 0 Å². The van der Waals surface area contributed by atoms with E-state index in [0.717, 1.165) is 56.1 Å². The molecule has 0 unspecified atom stereocenters. The Morgan fingerprint density at radius 2 is 2.10 bits per heavy atom. The van der Waals surface area contributed by atoms with Crippen LogP contribution in [0.1, 0.15) is 0 Å². The van der Waals surface area contributed by atoms with Gasteiger partial charge in [-0.1, -0.05) is 12.1 Å². The Morgan fingerprint density at radius 1 is 1.30 bits per heavy atom. The molecule has 6 heteroatoms. The summed E-state index contributed by atoms with van der Waals surface area (Å²) in [6, 6.07) is 8.08. The first kappa shape index (κ1) is 13.5. The Morgan fingerprint density at radius 3 is 2.95 bits per heavy atom. The molecule has 0 saturated carbocycles. The second kappa shape index (κ2) is 6.30. The quantitative estimate of drug-likeness (QED) is 0.723. The van der Waals surface area contributed by atoms with E-state index in [2.05, 4.69) is 21.4 Å². The molecule has 20 heavy (non-hydrogen) atoms. The highest BCUT2D eigenvalue weighted by molar-refractivity contribution is 7.71. The molecule has 3 rings (SSSR count). The van der Waals surface area contributed by atoms with Crippen molar-refractivity contribution in [1.29, 1.82) is 0 Å². The number of aromatic amines is 1. The van der Waals surface area contributed by atoms with Gasteiger partial charge in [0.2, 0.25) is 0 Å². The van der Waals surface area contributed by atoms with Crippen molar-refractivity contribution in [3.8, 4) is 0 Å². The molecule has 0 spiro atoms. The third kappa shape index (κ3) is 3.15. The third-order valence-corrected chi connectivity index (χ3v) is 3.80. The van der Waals surface area contributed by atoms with Gasteiger partial charge in [0.1, 0.15) is 18.9 Å². The largest absolute Gasteiger partial charge is 0.370 e. The number of benzene rings is 1. The minimum Gasteiger partial charge on any atom is -0.370 e. The molecular weight excluding hydrogens is 272 g/mol. The van der Waals surface area contributed by atoms with E-state index in [-0.39, 0.29) is 0 Å². The SMILES string of the molecule is S=c1nc(NCC[NH+]2CCOCC2)c2ccccc2[nH]1. The molecule has 3 N–H and O–H groups in total. The molecule has 0 atom stereocenters. The fourth-order valence-corrected chi connectivity index (χ4v) is 2.71. The Kier molecular flexibility index (Phi) is 4.25. The average Bonchev–Trinajstić information content (AvgIpc) is 2.48. The minimum absolute atomic E-state index is 0.518. The zero-order chi connectivity index (χ0) is 13.8. The molecule has 1 aliphatic rings. The number of fused-ring (bicyclic) bond motifs is 1. The standard InChI is InChI=1S/C14H18N4OS/c20-14-16-12-4-2-1-3-11(12)13(17-14)15-5-6-18-7-9-19-10-8-18/h1-4H,5-10H2,(H2,15,16,17,20)/p+1. The fraction of sp³-hybridized carbons (Fsp3) is 0.429. The van der Waals surface area contributed by atoms with E-state index in [9.17, 15) is 0 Å². The van der Waals surface area contributed by atoms with Gasteiger partial charge in [-0.2, -0.15) is 0 Å². The Balaban J connectivity index is 1.69. The van der Waals surface area contributed by atoms with E-state index in [1.54, 1.807) is 4.90 Å². The molecule has 1 saturated heterocycles. The van der Waals surface area contributed by atoms with Crippen molar-refractivity contribution in [3.63, 3.8) is 0 Å². The van der Waals surface area contributed by atoms with Crippen LogP contribution in [-0.4, -0.2) is 49.4 Å². The molecular formula is C14H19N4OS+. The van der Waals surface area contributed by atoms with Crippen LogP contribution in [0.4, 0.5) is 5.82 Å². The first-order valence-electron chi connectivity index (χ1n) is 6.97. The first-order valence-corrected chi connectivity index (χ1v) is 7.38. The lowest BCUT2D eigenvalue weighted by Gasteiger charge is -2.23. The van der Waals surface area contributed by atoms with Crippen LogP contribution in [0.3, 0.4) is 0 Å². The van der Waals surface area contributed by atoms with Crippen LogP contribution in [0, 0.1) is 4.77 Å². The molecule has 1 fully saturated rings. The van der Waals surface area contributed by atoms with Crippen LogP contribution in [-0.2, 0) is 4.74 Å². The zero-order valence-corrected chi connectivity index (χ0v) is 12.1. The average molecular weight is 291 g/mol. The number of aromatic nitrogens is 2. The summed E-state index contributed by atoms with van der Waals surface area (Å²) in [5.41, 5.74) is 1.02. The number of morpholine rings is 1. The van der Waals surface area contributed by atoms with E-state index in [1.165, 1.54) is 0 Å². The highest BCUT2D eigenvalue weighted by atomic mass is 32.1. The summed E-state index contributed by atoms with van der Waals surface area (Å²) in [6.45, 7) is 5.88. The van der Waals surface area contributed by atoms with Gasteiger partial charge in [0, 0.05) is 5.39 Å². The van der Waals surface area contributed by atoms with Gasteiger partial charge in [0.15, 0.2) is 4.77 Å². The fourth-order valence-electron chi connectivity index (χ4n) is 2.51. The molecule has 0 radical (unpaired) electrons. The topological polar surface area (TPSA) is 54.4 Å². The van der Waals surface area contributed by atoms with Crippen LogP contribution < -0.4 is 10.2 Å². The third-order valence-electron chi connectivity index (χ3n) is 3.61. The summed E-state index contributed by atoms with van der Waals surface area (Å²) in [4.78, 5) is 9.09. The summed E-state index contributed by atoms with van der Waals surface area (Å²) in [7, 11) is 0. The second-order valence-corrected chi connectivity index (χ2v) is 5.36. The van der Waals surface area contributed by atoms with Crippen molar-refractivity contribution in [1.82, 2.24) is 9.97 Å². The van der Waals surface area contributed by atoms with Crippen molar-refractivity contribution in [2.75, 3.05) is 44.7 Å². The smallest absolute Gasteiger partial charge is 0.199 e. The van der Waals surface area contributed by atoms with Crippen LogP contribution in [0.5, 0.6) is 0 Å². The first-order chi connectivity index (χ1) is 9.83. The summed E-state index contributed by atoms with van der Waals surface area (Å²) in [6.07, 6.45) is 0. The van der Waals surface area contributed by atoms with Crippen molar-refractivity contribution in [3.05, 3.63) is 29.0 Å². The monoisotopic (exact) mass is 291 g/mol. The number of anilines is 1. The summed E-state index contributed by atoms with van der Waals surface area (Å²) >= 11 is 5.17. The Bertz CT molecular complexity index is 636. The lowest BCUT2D eigenvalue weighted by molar-refractivity contribution is -0.906. The summed E-state index contributed by atoms with van der Waals surface area (Å²) in [5.74, 6) is 0.872. The predicted octanol–water partition coefficient (Wildman–Crippen LogP) is 0.619. The number of rotatable bonds is 4. The molecule has 1 aromatic heterocycles. The summed E-state index contributed by atoms with van der Waals surface area (Å²) in [5, 5.41) is 4.50. The number of hydrogen-bond donors (Lipinski definition) is 3.